The molecule has 1 aliphatic carbocycles. The van der Waals surface area contributed by atoms with Gasteiger partial charge in [-0.1, -0.05) is 28.1 Å². The van der Waals surface area contributed by atoms with Gasteiger partial charge in [-0.15, -0.1) is 11.3 Å². The van der Waals surface area contributed by atoms with Crippen LogP contribution in [-0.4, -0.2) is 11.0 Å². The molecule has 0 N–H and O–H groups in total. The van der Waals surface area contributed by atoms with Crippen LogP contribution >= 0.6 is 27.3 Å². The van der Waals surface area contributed by atoms with E-state index in [9.17, 15) is 10.1 Å². The molecule has 0 aliphatic heterocycles. The van der Waals surface area contributed by atoms with Crippen LogP contribution in [0, 0.1) is 10.1 Å². The van der Waals surface area contributed by atoms with Crippen LogP contribution in [-0.2, 0) is 11.9 Å². The van der Waals surface area contributed by atoms with Crippen molar-refractivity contribution in [3.05, 3.63) is 56.3 Å². The summed E-state index contributed by atoms with van der Waals surface area (Å²) in [4.78, 5) is 14.6. The molecule has 21 heavy (non-hydrogen) atoms. The molecule has 6 heteroatoms. The fourth-order valence-electron chi connectivity index (χ4n) is 2.41. The number of hydrogen-bond acceptors (Lipinski definition) is 4. The van der Waals surface area contributed by atoms with Crippen molar-refractivity contribution in [2.75, 3.05) is 4.90 Å². The highest BCUT2D eigenvalue weighted by molar-refractivity contribution is 9.08. The van der Waals surface area contributed by atoms with Gasteiger partial charge in [0.2, 0.25) is 0 Å². The van der Waals surface area contributed by atoms with Crippen LogP contribution in [0.4, 0.5) is 11.4 Å². The predicted octanol–water partition coefficient (Wildman–Crippen LogP) is 4.72. The van der Waals surface area contributed by atoms with Gasteiger partial charge >= 0.3 is 0 Å². The van der Waals surface area contributed by atoms with E-state index in [4.69, 9.17) is 0 Å². The molecule has 1 aromatic heterocycles. The smallest absolute Gasteiger partial charge is 0.292 e. The Bertz CT molecular complexity index is 641. The van der Waals surface area contributed by atoms with Crippen LogP contribution in [0.5, 0.6) is 0 Å². The average molecular weight is 367 g/mol. The van der Waals surface area contributed by atoms with Gasteiger partial charge in [-0.3, -0.25) is 10.1 Å². The van der Waals surface area contributed by atoms with Crippen LogP contribution < -0.4 is 4.90 Å². The third-order valence-electron chi connectivity index (χ3n) is 3.59. The number of hydrogen-bond donors (Lipinski definition) is 0. The van der Waals surface area contributed by atoms with Crippen LogP contribution in [0.15, 0.2) is 35.7 Å². The van der Waals surface area contributed by atoms with E-state index in [2.05, 4.69) is 26.9 Å². The molecule has 1 aliphatic rings. The van der Waals surface area contributed by atoms with Crippen molar-refractivity contribution in [2.24, 2.45) is 0 Å². The topological polar surface area (TPSA) is 46.4 Å². The predicted molar refractivity (Wildman–Crippen MR) is 89.3 cm³/mol. The SMILES string of the molecule is O=[N+]([O-])c1cc(CBr)ccc1N(Cc1cccs1)C1CC1. The molecule has 0 amide bonds. The maximum Gasteiger partial charge on any atom is 0.292 e. The zero-order valence-electron chi connectivity index (χ0n) is 11.4. The Morgan fingerprint density at radius 2 is 2.19 bits per heavy atom. The maximum atomic E-state index is 11.4. The summed E-state index contributed by atoms with van der Waals surface area (Å²) in [5.41, 5.74) is 1.87. The molecule has 1 saturated carbocycles. The second-order valence-corrected chi connectivity index (χ2v) is 6.75. The average Bonchev–Trinajstić information content (AvgIpc) is 3.21. The van der Waals surface area contributed by atoms with E-state index in [0.29, 0.717) is 11.4 Å². The number of nitrogens with zero attached hydrogens (tertiary/aromatic N) is 2. The molecule has 0 bridgehead atoms. The van der Waals surface area contributed by atoms with Crippen molar-refractivity contribution >= 4 is 38.6 Å². The second kappa shape index (κ2) is 6.15. The Kier molecular flexibility index (Phi) is 4.26. The number of alkyl halides is 1. The van der Waals surface area contributed by atoms with E-state index in [-0.39, 0.29) is 10.6 Å². The minimum absolute atomic E-state index is 0.204. The van der Waals surface area contributed by atoms with Gasteiger partial charge in [0.05, 0.1) is 11.5 Å². The minimum atomic E-state index is -0.273. The summed E-state index contributed by atoms with van der Waals surface area (Å²) in [5.74, 6) is 0. The molecule has 0 spiro atoms. The van der Waals surface area contributed by atoms with E-state index in [1.54, 1.807) is 17.4 Å². The van der Waals surface area contributed by atoms with Gasteiger partial charge in [0.25, 0.3) is 5.69 Å². The first-order valence-corrected chi connectivity index (χ1v) is 8.81. The number of nitro benzene ring substituents is 1. The maximum absolute atomic E-state index is 11.4. The number of thiophene rings is 1. The van der Waals surface area contributed by atoms with Crippen molar-refractivity contribution in [1.29, 1.82) is 0 Å². The molecule has 3 rings (SSSR count). The summed E-state index contributed by atoms with van der Waals surface area (Å²) in [7, 11) is 0. The Hall–Kier alpha value is -1.40. The lowest BCUT2D eigenvalue weighted by molar-refractivity contribution is -0.384. The summed E-state index contributed by atoms with van der Waals surface area (Å²) in [6, 6.07) is 10.1. The molecule has 0 unspecified atom stereocenters. The normalized spacial score (nSPS) is 14.1. The van der Waals surface area contributed by atoms with Gasteiger partial charge in [0, 0.05) is 22.3 Å². The monoisotopic (exact) mass is 366 g/mol. The molecule has 1 aromatic carbocycles. The Morgan fingerprint density at radius 3 is 2.76 bits per heavy atom. The van der Waals surface area contributed by atoms with E-state index in [0.717, 1.165) is 30.6 Å². The van der Waals surface area contributed by atoms with Crippen molar-refractivity contribution in [3.8, 4) is 0 Å². The number of benzene rings is 1. The molecule has 2 aromatic rings. The van der Waals surface area contributed by atoms with Gasteiger partial charge in [-0.25, -0.2) is 0 Å². The number of rotatable bonds is 6. The zero-order chi connectivity index (χ0) is 14.8. The molecular formula is C15H15BrN2O2S. The quantitative estimate of drug-likeness (QED) is 0.422. The first-order valence-electron chi connectivity index (χ1n) is 6.81. The van der Waals surface area contributed by atoms with Crippen molar-refractivity contribution in [3.63, 3.8) is 0 Å². The fourth-order valence-corrected chi connectivity index (χ4v) is 3.46. The number of nitro groups is 1. The van der Waals surface area contributed by atoms with Crippen molar-refractivity contribution in [2.45, 2.75) is 30.8 Å². The summed E-state index contributed by atoms with van der Waals surface area (Å²) < 4.78 is 0. The lowest BCUT2D eigenvalue weighted by Gasteiger charge is -2.24. The number of halogens is 1. The van der Waals surface area contributed by atoms with Gasteiger partial charge in [0.15, 0.2) is 0 Å². The highest BCUT2D eigenvalue weighted by Crippen LogP contribution is 2.39. The number of anilines is 1. The first kappa shape index (κ1) is 14.5. The highest BCUT2D eigenvalue weighted by Gasteiger charge is 2.33. The summed E-state index contributed by atoms with van der Waals surface area (Å²) in [5, 5.41) is 14.1. The van der Waals surface area contributed by atoms with Gasteiger partial charge in [-0.05, 0) is 35.9 Å². The molecule has 110 valence electrons. The van der Waals surface area contributed by atoms with Gasteiger partial charge in [0.1, 0.15) is 5.69 Å². The first-order chi connectivity index (χ1) is 10.2. The zero-order valence-corrected chi connectivity index (χ0v) is 13.8. The third kappa shape index (κ3) is 3.27. The van der Waals surface area contributed by atoms with Gasteiger partial charge in [-0.2, -0.15) is 0 Å². The summed E-state index contributed by atoms with van der Waals surface area (Å²) in [6.07, 6.45) is 2.23. The van der Waals surface area contributed by atoms with E-state index in [1.165, 1.54) is 4.88 Å². The Labute approximate surface area is 135 Å². The van der Waals surface area contributed by atoms with Crippen molar-refractivity contribution in [1.82, 2.24) is 0 Å². The Morgan fingerprint density at radius 1 is 1.38 bits per heavy atom. The largest absolute Gasteiger partial charge is 0.358 e. The van der Waals surface area contributed by atoms with E-state index in [1.807, 2.05) is 23.6 Å². The van der Waals surface area contributed by atoms with Crippen LogP contribution in [0.2, 0.25) is 0 Å². The molecule has 1 heterocycles. The lowest BCUT2D eigenvalue weighted by atomic mass is 10.1. The Balaban J connectivity index is 1.96. The summed E-state index contributed by atoms with van der Waals surface area (Å²) in [6.45, 7) is 0.747. The minimum Gasteiger partial charge on any atom is -0.358 e. The highest BCUT2D eigenvalue weighted by atomic mass is 79.9. The molecular weight excluding hydrogens is 352 g/mol. The lowest BCUT2D eigenvalue weighted by Crippen LogP contribution is -2.25. The molecule has 1 fully saturated rings. The second-order valence-electron chi connectivity index (χ2n) is 5.15. The standard InChI is InChI=1S/C15H15BrN2O2S/c16-9-11-3-6-14(15(8-11)18(19)20)17(12-4-5-12)10-13-2-1-7-21-13/h1-3,6-8,12H,4-5,9-10H2. The molecule has 4 nitrogen and oxygen atoms in total. The van der Waals surface area contributed by atoms with E-state index < -0.39 is 0 Å². The fraction of sp³-hybridized carbons (Fsp3) is 0.333. The van der Waals surface area contributed by atoms with Crippen LogP contribution in [0.25, 0.3) is 0 Å². The van der Waals surface area contributed by atoms with Crippen LogP contribution in [0.1, 0.15) is 23.3 Å². The summed E-state index contributed by atoms with van der Waals surface area (Å²) >= 11 is 5.05. The third-order valence-corrected chi connectivity index (χ3v) is 5.10. The van der Waals surface area contributed by atoms with Gasteiger partial charge < -0.3 is 4.90 Å². The van der Waals surface area contributed by atoms with Crippen molar-refractivity contribution < 1.29 is 4.92 Å². The molecule has 0 radical (unpaired) electrons. The molecule has 0 atom stereocenters. The molecule has 0 saturated heterocycles. The van der Waals surface area contributed by atoms with Crippen LogP contribution in [0.3, 0.4) is 0 Å². The van der Waals surface area contributed by atoms with E-state index >= 15 is 0 Å².